The van der Waals surface area contributed by atoms with E-state index in [-0.39, 0.29) is 24.3 Å². The zero-order valence-corrected chi connectivity index (χ0v) is 24.9. The lowest BCUT2D eigenvalue weighted by Crippen LogP contribution is -2.52. The van der Waals surface area contributed by atoms with Gasteiger partial charge in [-0.1, -0.05) is 86.5 Å². The molecular formula is C34H36ClN5O2. The van der Waals surface area contributed by atoms with Gasteiger partial charge in [-0.3, -0.25) is 9.59 Å². The topological polar surface area (TPSA) is 69.6 Å². The third-order valence-electron chi connectivity index (χ3n) is 7.83. The predicted molar refractivity (Wildman–Crippen MR) is 169 cm³/mol. The van der Waals surface area contributed by atoms with Crippen LogP contribution >= 0.6 is 11.6 Å². The molecule has 0 aliphatic carbocycles. The van der Waals surface area contributed by atoms with Crippen LogP contribution in [0.2, 0.25) is 5.02 Å². The Labute approximate surface area is 252 Å². The van der Waals surface area contributed by atoms with Crippen molar-refractivity contribution in [3.05, 3.63) is 102 Å². The van der Waals surface area contributed by atoms with E-state index in [9.17, 15) is 9.59 Å². The first-order valence-electron chi connectivity index (χ1n) is 14.5. The number of halogens is 1. The molecule has 1 aliphatic heterocycles. The molecule has 0 saturated carbocycles. The fourth-order valence-corrected chi connectivity index (χ4v) is 5.19. The summed E-state index contributed by atoms with van der Waals surface area (Å²) < 4.78 is 0. The van der Waals surface area contributed by atoms with Crippen LogP contribution in [0.1, 0.15) is 30.6 Å². The fraction of sp³-hybridized carbons (Fsp3) is 0.294. The van der Waals surface area contributed by atoms with Crippen LogP contribution in [0, 0.1) is 5.92 Å². The van der Waals surface area contributed by atoms with Crippen molar-refractivity contribution in [2.45, 2.75) is 20.3 Å². The molecule has 3 aromatic carbocycles. The first-order chi connectivity index (χ1) is 20.4. The molecular weight excluding hydrogens is 546 g/mol. The number of aromatic nitrogens is 2. The Balaban J connectivity index is 1.17. The number of hydrogen-bond acceptors (Lipinski definition) is 5. The molecule has 42 heavy (non-hydrogen) atoms. The summed E-state index contributed by atoms with van der Waals surface area (Å²) in [6.45, 7) is 7.21. The van der Waals surface area contributed by atoms with Crippen LogP contribution in [-0.2, 0) is 4.79 Å². The van der Waals surface area contributed by atoms with Crippen LogP contribution in [0.5, 0.6) is 0 Å². The third-order valence-corrected chi connectivity index (χ3v) is 8.08. The molecule has 0 bridgehead atoms. The molecule has 1 fully saturated rings. The lowest BCUT2D eigenvalue weighted by Gasteiger charge is -2.36. The molecule has 4 aromatic rings. The summed E-state index contributed by atoms with van der Waals surface area (Å²) in [5.74, 6) is 0.891. The number of nitrogens with zero attached hydrogens (tertiary/aromatic N) is 5. The molecule has 2 heterocycles. The summed E-state index contributed by atoms with van der Waals surface area (Å²) in [4.78, 5) is 32.2. The molecule has 1 aromatic heterocycles. The van der Waals surface area contributed by atoms with E-state index in [4.69, 9.17) is 11.6 Å². The number of anilines is 1. The van der Waals surface area contributed by atoms with Crippen LogP contribution in [0.3, 0.4) is 0 Å². The number of amides is 2. The van der Waals surface area contributed by atoms with Crippen LogP contribution < -0.4 is 4.90 Å². The van der Waals surface area contributed by atoms with Gasteiger partial charge in [0.1, 0.15) is 6.54 Å². The zero-order chi connectivity index (χ0) is 29.5. The maximum atomic E-state index is 13.3. The second-order valence-corrected chi connectivity index (χ2v) is 11.2. The highest BCUT2D eigenvalue weighted by molar-refractivity contribution is 6.30. The van der Waals surface area contributed by atoms with Crippen molar-refractivity contribution < 1.29 is 9.59 Å². The minimum Gasteiger partial charge on any atom is -0.352 e. The summed E-state index contributed by atoms with van der Waals surface area (Å²) in [7, 11) is 0. The number of benzene rings is 3. The van der Waals surface area contributed by atoms with Crippen molar-refractivity contribution in [1.29, 1.82) is 0 Å². The highest BCUT2D eigenvalue weighted by atomic mass is 35.5. The van der Waals surface area contributed by atoms with E-state index in [0.717, 1.165) is 29.1 Å². The van der Waals surface area contributed by atoms with Gasteiger partial charge in [0, 0.05) is 48.9 Å². The van der Waals surface area contributed by atoms with E-state index in [1.165, 1.54) is 5.56 Å². The lowest BCUT2D eigenvalue weighted by atomic mass is 10.0. The fourth-order valence-electron chi connectivity index (χ4n) is 5.06. The predicted octanol–water partition coefficient (Wildman–Crippen LogP) is 6.30. The first-order valence-corrected chi connectivity index (χ1v) is 14.9. The molecule has 8 heteroatoms. The van der Waals surface area contributed by atoms with Gasteiger partial charge in [-0.2, -0.15) is 0 Å². The van der Waals surface area contributed by atoms with Crippen LogP contribution in [-0.4, -0.2) is 71.1 Å². The maximum Gasteiger partial charge on any atom is 0.254 e. The van der Waals surface area contributed by atoms with E-state index < -0.39 is 0 Å². The standard InChI is InChI=1S/C34H36ClN5O2/c1-3-25(2)23-40(34(42)29-13-15-30(35)16-14-29)24-33(41)39-21-19-38(20-22-39)32-18-17-31(36-37-32)28-11-9-27(10-12-28)26-7-5-4-6-8-26/h4-18,25H,3,19-24H2,1-2H3. The third kappa shape index (κ3) is 7.15. The second kappa shape index (κ2) is 13.6. The van der Waals surface area contributed by atoms with Crippen molar-refractivity contribution in [2.75, 3.05) is 44.2 Å². The molecule has 1 saturated heterocycles. The smallest absolute Gasteiger partial charge is 0.254 e. The van der Waals surface area contributed by atoms with Crippen molar-refractivity contribution in [2.24, 2.45) is 5.92 Å². The zero-order valence-electron chi connectivity index (χ0n) is 24.1. The Kier molecular flexibility index (Phi) is 9.49. The largest absolute Gasteiger partial charge is 0.352 e. The highest BCUT2D eigenvalue weighted by Crippen LogP contribution is 2.24. The monoisotopic (exact) mass is 581 g/mol. The van der Waals surface area contributed by atoms with Crippen LogP contribution in [0.25, 0.3) is 22.4 Å². The maximum absolute atomic E-state index is 13.3. The van der Waals surface area contributed by atoms with Crippen LogP contribution in [0.15, 0.2) is 91.0 Å². The summed E-state index contributed by atoms with van der Waals surface area (Å²) >= 11 is 6.01. The van der Waals surface area contributed by atoms with Gasteiger partial charge in [0.05, 0.1) is 5.69 Å². The van der Waals surface area contributed by atoms with Crippen molar-refractivity contribution in [3.63, 3.8) is 0 Å². The molecule has 1 unspecified atom stereocenters. The lowest BCUT2D eigenvalue weighted by molar-refractivity contribution is -0.132. The molecule has 7 nitrogen and oxygen atoms in total. The number of rotatable bonds is 9. The first kappa shape index (κ1) is 29.3. The average molecular weight is 582 g/mol. The molecule has 0 radical (unpaired) electrons. The Bertz CT molecular complexity index is 1470. The summed E-state index contributed by atoms with van der Waals surface area (Å²) in [5.41, 5.74) is 4.71. The number of piperazine rings is 1. The van der Waals surface area contributed by atoms with Gasteiger partial charge in [0.15, 0.2) is 5.82 Å². The van der Waals surface area contributed by atoms with Gasteiger partial charge in [-0.15, -0.1) is 10.2 Å². The summed E-state index contributed by atoms with van der Waals surface area (Å²) in [6.07, 6.45) is 0.927. The average Bonchev–Trinajstić information content (AvgIpc) is 3.05. The van der Waals surface area contributed by atoms with Gasteiger partial charge < -0.3 is 14.7 Å². The van der Waals surface area contributed by atoms with E-state index in [1.54, 1.807) is 29.2 Å². The van der Waals surface area contributed by atoms with Gasteiger partial charge in [-0.05, 0) is 53.4 Å². The number of carbonyl (C=O) groups is 2. The molecule has 216 valence electrons. The van der Waals surface area contributed by atoms with Crippen molar-refractivity contribution >= 4 is 29.2 Å². The molecule has 0 spiro atoms. The quantitative estimate of drug-likeness (QED) is 0.232. The normalized spacial score (nSPS) is 14.0. The Morgan fingerprint density at radius 2 is 1.45 bits per heavy atom. The molecule has 2 amide bonds. The van der Waals surface area contributed by atoms with Gasteiger partial charge in [-0.25, -0.2) is 0 Å². The highest BCUT2D eigenvalue weighted by Gasteiger charge is 2.26. The molecule has 1 aliphatic rings. The Morgan fingerprint density at radius 1 is 0.810 bits per heavy atom. The van der Waals surface area contributed by atoms with Gasteiger partial charge >= 0.3 is 0 Å². The van der Waals surface area contributed by atoms with Gasteiger partial charge in [0.25, 0.3) is 5.91 Å². The van der Waals surface area contributed by atoms with Crippen molar-refractivity contribution in [3.8, 4) is 22.4 Å². The summed E-state index contributed by atoms with van der Waals surface area (Å²) in [6, 6.07) is 29.4. The van der Waals surface area contributed by atoms with E-state index >= 15 is 0 Å². The SMILES string of the molecule is CCC(C)CN(CC(=O)N1CCN(c2ccc(-c3ccc(-c4ccccc4)cc3)nn2)CC1)C(=O)c1ccc(Cl)cc1. The molecule has 0 N–H and O–H groups in total. The van der Waals surface area contributed by atoms with Crippen molar-refractivity contribution in [1.82, 2.24) is 20.0 Å². The molecule has 1 atom stereocenters. The Hall–Kier alpha value is -4.23. The number of carbonyl (C=O) groups excluding carboxylic acids is 2. The van der Waals surface area contributed by atoms with E-state index in [0.29, 0.717) is 43.3 Å². The van der Waals surface area contributed by atoms with E-state index in [1.807, 2.05) is 35.2 Å². The summed E-state index contributed by atoms with van der Waals surface area (Å²) in [5, 5.41) is 9.55. The second-order valence-electron chi connectivity index (χ2n) is 10.8. The molecule has 5 rings (SSSR count). The Morgan fingerprint density at radius 3 is 2.07 bits per heavy atom. The van der Waals surface area contributed by atoms with Crippen LogP contribution in [0.4, 0.5) is 5.82 Å². The minimum atomic E-state index is -0.149. The number of hydrogen-bond donors (Lipinski definition) is 0. The van der Waals surface area contributed by atoms with Gasteiger partial charge in [0.2, 0.25) is 5.91 Å². The van der Waals surface area contributed by atoms with E-state index in [2.05, 4.69) is 65.3 Å². The minimum absolute atomic E-state index is 0.0411.